The number of imidazole rings is 1. The van der Waals surface area contributed by atoms with E-state index >= 15 is 0 Å². The molecule has 39 heavy (non-hydrogen) atoms. The summed E-state index contributed by atoms with van der Waals surface area (Å²) in [5.74, 6) is -5.53. The average Bonchev–Trinajstić information content (AvgIpc) is 3.55. The van der Waals surface area contributed by atoms with E-state index < -0.39 is 60.2 Å². The van der Waals surface area contributed by atoms with Crippen LogP contribution in [0.2, 0.25) is 0 Å². The van der Waals surface area contributed by atoms with E-state index in [0.717, 1.165) is 10.9 Å². The molecular weight excluding hydrogens is 530 g/mol. The van der Waals surface area contributed by atoms with Crippen LogP contribution in [-0.2, 0) is 36.8 Å². The molecule has 0 aliphatic carbocycles. The van der Waals surface area contributed by atoms with Crippen LogP contribution in [-0.4, -0.2) is 84.7 Å². The lowest BCUT2D eigenvalue weighted by Crippen LogP contribution is -2.58. The van der Waals surface area contributed by atoms with Gasteiger partial charge in [-0.3, -0.25) is 19.2 Å². The van der Waals surface area contributed by atoms with Crippen molar-refractivity contribution in [3.05, 3.63) is 54.2 Å². The van der Waals surface area contributed by atoms with Gasteiger partial charge in [0.05, 0.1) is 18.8 Å². The van der Waals surface area contributed by atoms with Gasteiger partial charge in [-0.15, -0.1) is 0 Å². The van der Waals surface area contributed by atoms with Crippen LogP contribution < -0.4 is 21.7 Å². The normalized spacial score (nSPS) is 14.1. The minimum Gasteiger partial charge on any atom is -0.481 e. The molecule has 3 aromatic rings. The maximum atomic E-state index is 12.9. The first kappa shape index (κ1) is 29.2. The third-order valence-corrected chi connectivity index (χ3v) is 6.24. The number of aromatic amines is 2. The van der Waals surface area contributed by atoms with Crippen molar-refractivity contribution < 1.29 is 34.2 Å². The van der Waals surface area contributed by atoms with Crippen LogP contribution in [0, 0.1) is 0 Å². The number of amides is 3. The molecule has 0 bridgehead atoms. The first-order valence-corrected chi connectivity index (χ1v) is 12.5. The van der Waals surface area contributed by atoms with Crippen LogP contribution in [0.25, 0.3) is 10.9 Å². The highest BCUT2D eigenvalue weighted by Gasteiger charge is 2.31. The molecule has 0 aliphatic heterocycles. The third kappa shape index (κ3) is 8.05. The van der Waals surface area contributed by atoms with Gasteiger partial charge in [-0.1, -0.05) is 18.2 Å². The van der Waals surface area contributed by atoms with Gasteiger partial charge in [-0.25, -0.2) is 9.78 Å². The van der Waals surface area contributed by atoms with E-state index in [9.17, 15) is 34.2 Å². The topological polar surface area (TPSA) is 232 Å². The number of hydrogen-bond acceptors (Lipinski definition) is 8. The predicted octanol–water partition coefficient (Wildman–Crippen LogP) is -1.05. The van der Waals surface area contributed by atoms with Crippen molar-refractivity contribution in [2.75, 3.05) is 5.75 Å². The number of para-hydroxylation sites is 1. The SMILES string of the molecule is NC(Cc1cnc[nH]1)C(=O)NC(CS)C(=O)NC(CC(=O)O)C(=O)NC(Cc1c[nH]c2ccccc12)C(=O)O. The van der Waals surface area contributed by atoms with Gasteiger partial charge in [0.15, 0.2) is 0 Å². The maximum Gasteiger partial charge on any atom is 0.326 e. The summed E-state index contributed by atoms with van der Waals surface area (Å²) in [6.07, 6.45) is 3.73. The summed E-state index contributed by atoms with van der Waals surface area (Å²) >= 11 is 4.06. The number of benzene rings is 1. The van der Waals surface area contributed by atoms with Crippen LogP contribution in [0.1, 0.15) is 17.7 Å². The second-order valence-corrected chi connectivity index (χ2v) is 9.12. The van der Waals surface area contributed by atoms with Gasteiger partial charge in [0, 0.05) is 47.6 Å². The number of carboxylic acids is 2. The van der Waals surface area contributed by atoms with Gasteiger partial charge in [-0.2, -0.15) is 12.6 Å². The van der Waals surface area contributed by atoms with Gasteiger partial charge >= 0.3 is 11.9 Å². The number of hydrogen-bond donors (Lipinski definition) is 9. The van der Waals surface area contributed by atoms with Gasteiger partial charge in [0.25, 0.3) is 0 Å². The molecule has 0 fully saturated rings. The molecule has 1 aromatic carbocycles. The Hall–Kier alpha value is -4.37. The highest BCUT2D eigenvalue weighted by Crippen LogP contribution is 2.19. The lowest BCUT2D eigenvalue weighted by atomic mass is 10.0. The molecule has 2 aromatic heterocycles. The zero-order chi connectivity index (χ0) is 28.5. The number of thiol groups is 1. The molecule has 0 spiro atoms. The smallest absolute Gasteiger partial charge is 0.326 e. The zero-order valence-corrected chi connectivity index (χ0v) is 21.5. The van der Waals surface area contributed by atoms with Crippen LogP contribution >= 0.6 is 12.6 Å². The number of nitrogens with one attached hydrogen (secondary N) is 5. The van der Waals surface area contributed by atoms with Crippen molar-refractivity contribution >= 4 is 53.2 Å². The summed E-state index contributed by atoms with van der Waals surface area (Å²) in [5.41, 5.74) is 7.89. The monoisotopic (exact) mass is 559 g/mol. The Morgan fingerprint density at radius 2 is 1.59 bits per heavy atom. The first-order chi connectivity index (χ1) is 18.6. The zero-order valence-electron chi connectivity index (χ0n) is 20.6. The Bertz CT molecular complexity index is 1330. The van der Waals surface area contributed by atoms with E-state index in [1.54, 1.807) is 18.3 Å². The van der Waals surface area contributed by atoms with Crippen LogP contribution in [0.5, 0.6) is 0 Å². The number of carboxylic acid groups (broad SMARTS) is 2. The molecule has 15 heteroatoms. The van der Waals surface area contributed by atoms with Crippen molar-refractivity contribution in [1.82, 2.24) is 30.9 Å². The molecule has 208 valence electrons. The molecule has 0 saturated heterocycles. The number of aliphatic carboxylic acids is 2. The Morgan fingerprint density at radius 1 is 0.923 bits per heavy atom. The Labute approximate surface area is 227 Å². The molecule has 3 amide bonds. The number of carbonyl (C=O) groups is 5. The number of aromatic nitrogens is 3. The van der Waals surface area contributed by atoms with E-state index in [2.05, 4.69) is 43.5 Å². The van der Waals surface area contributed by atoms with Crippen molar-refractivity contribution in [1.29, 1.82) is 0 Å². The van der Waals surface area contributed by atoms with E-state index in [0.29, 0.717) is 11.3 Å². The van der Waals surface area contributed by atoms with Crippen LogP contribution in [0.15, 0.2) is 43.0 Å². The van der Waals surface area contributed by atoms with E-state index in [1.165, 1.54) is 12.5 Å². The van der Waals surface area contributed by atoms with Crippen LogP contribution in [0.4, 0.5) is 0 Å². The highest BCUT2D eigenvalue weighted by molar-refractivity contribution is 7.80. The number of nitrogens with zero attached hydrogens (tertiary/aromatic N) is 1. The number of carbonyl (C=O) groups excluding carboxylic acids is 3. The van der Waals surface area contributed by atoms with Crippen molar-refractivity contribution in [3.8, 4) is 0 Å². The molecule has 3 rings (SSSR count). The Balaban J connectivity index is 1.66. The third-order valence-electron chi connectivity index (χ3n) is 5.87. The number of rotatable bonds is 14. The molecule has 9 N–H and O–H groups in total. The summed E-state index contributed by atoms with van der Waals surface area (Å²) in [5, 5.41) is 26.8. The van der Waals surface area contributed by atoms with Crippen LogP contribution in [0.3, 0.4) is 0 Å². The standard InChI is InChI=1S/C24H29N7O7S/c25-15(6-13-9-26-11-28-13)21(34)31-19(10-39)23(36)29-17(7-20(32)33)22(35)30-18(24(37)38)5-12-8-27-16-4-2-1-3-14(12)16/h1-4,8-9,11,15,17-19,27,39H,5-7,10,25H2,(H,26,28)(H,29,36)(H,30,35)(H,31,34)(H,32,33)(H,37,38). The van der Waals surface area contributed by atoms with Crippen molar-refractivity contribution in [3.63, 3.8) is 0 Å². The summed E-state index contributed by atoms with van der Waals surface area (Å²) in [6.45, 7) is 0. The fourth-order valence-electron chi connectivity index (χ4n) is 3.85. The summed E-state index contributed by atoms with van der Waals surface area (Å²) in [4.78, 5) is 71.3. The lowest BCUT2D eigenvalue weighted by Gasteiger charge is -2.23. The minimum atomic E-state index is -1.63. The van der Waals surface area contributed by atoms with Crippen molar-refractivity contribution in [2.24, 2.45) is 5.73 Å². The summed E-state index contributed by atoms with van der Waals surface area (Å²) in [6, 6.07) is 1.88. The highest BCUT2D eigenvalue weighted by atomic mass is 32.1. The largest absolute Gasteiger partial charge is 0.481 e. The van der Waals surface area contributed by atoms with Gasteiger partial charge < -0.3 is 41.9 Å². The van der Waals surface area contributed by atoms with E-state index in [4.69, 9.17) is 5.73 Å². The fraction of sp³-hybridized carbons (Fsp3) is 0.333. The van der Waals surface area contributed by atoms with Gasteiger partial charge in [-0.05, 0) is 11.6 Å². The molecular formula is C24H29N7O7S. The predicted molar refractivity (Wildman–Crippen MR) is 142 cm³/mol. The summed E-state index contributed by atoms with van der Waals surface area (Å²) in [7, 11) is 0. The number of nitrogens with two attached hydrogens (primary N) is 1. The first-order valence-electron chi connectivity index (χ1n) is 11.8. The maximum absolute atomic E-state index is 12.9. The van der Waals surface area contributed by atoms with E-state index in [1.807, 2.05) is 12.1 Å². The molecule has 0 saturated carbocycles. The second-order valence-electron chi connectivity index (χ2n) is 8.75. The average molecular weight is 560 g/mol. The molecule has 14 nitrogen and oxygen atoms in total. The molecule has 2 heterocycles. The van der Waals surface area contributed by atoms with E-state index in [-0.39, 0.29) is 18.6 Å². The lowest BCUT2D eigenvalue weighted by molar-refractivity contribution is -0.143. The molecule has 0 radical (unpaired) electrons. The molecule has 4 unspecified atom stereocenters. The van der Waals surface area contributed by atoms with Gasteiger partial charge in [0.2, 0.25) is 17.7 Å². The minimum absolute atomic E-state index is 0.0949. The quantitative estimate of drug-likeness (QED) is 0.109. The fourth-order valence-corrected chi connectivity index (χ4v) is 4.10. The summed E-state index contributed by atoms with van der Waals surface area (Å²) < 4.78 is 0. The Kier molecular flexibility index (Phi) is 10.1. The molecule has 4 atom stereocenters. The number of H-pyrrole nitrogens is 2. The number of fused-ring (bicyclic) bond motifs is 1. The second kappa shape index (κ2) is 13.4. The Morgan fingerprint density at radius 3 is 2.23 bits per heavy atom. The molecule has 0 aliphatic rings. The van der Waals surface area contributed by atoms with Gasteiger partial charge in [0.1, 0.15) is 18.1 Å². The van der Waals surface area contributed by atoms with Crippen molar-refractivity contribution in [2.45, 2.75) is 43.4 Å².